The van der Waals surface area contributed by atoms with Crippen LogP contribution < -0.4 is 0 Å². The standard InChI is InChI=1S/C16H19ClN2O3/c17-14-3-1-13(2-4-14)16-11-15(22-18-16)12-21-10-7-19-5-8-20-9-6-19/h1-4,11H,5-10,12H2. The average Bonchev–Trinajstić information content (AvgIpc) is 3.02. The van der Waals surface area contributed by atoms with E-state index in [1.54, 1.807) is 0 Å². The summed E-state index contributed by atoms with van der Waals surface area (Å²) < 4.78 is 16.3. The van der Waals surface area contributed by atoms with Crippen molar-refractivity contribution in [1.82, 2.24) is 10.1 Å². The first kappa shape index (κ1) is 15.5. The third-order valence-electron chi connectivity index (χ3n) is 3.60. The predicted octanol–water partition coefficient (Wildman–Crippen LogP) is 2.84. The second-order valence-corrected chi connectivity index (χ2v) is 5.63. The molecule has 0 radical (unpaired) electrons. The Morgan fingerprint density at radius 3 is 2.73 bits per heavy atom. The van der Waals surface area contributed by atoms with Crippen molar-refractivity contribution < 1.29 is 14.0 Å². The molecular formula is C16H19ClN2O3. The van der Waals surface area contributed by atoms with Gasteiger partial charge in [0.05, 0.1) is 19.8 Å². The molecule has 2 heterocycles. The van der Waals surface area contributed by atoms with E-state index in [9.17, 15) is 0 Å². The van der Waals surface area contributed by atoms with Gasteiger partial charge in [-0.25, -0.2) is 0 Å². The molecule has 0 unspecified atom stereocenters. The smallest absolute Gasteiger partial charge is 0.163 e. The highest BCUT2D eigenvalue weighted by Gasteiger charge is 2.10. The Kier molecular flexibility index (Phi) is 5.45. The number of rotatable bonds is 6. The van der Waals surface area contributed by atoms with Crippen molar-refractivity contribution in [2.45, 2.75) is 6.61 Å². The summed E-state index contributed by atoms with van der Waals surface area (Å²) in [5.74, 6) is 0.729. The Bertz CT molecular complexity index is 579. The first-order valence-corrected chi connectivity index (χ1v) is 7.78. The van der Waals surface area contributed by atoms with Crippen LogP contribution in [0.25, 0.3) is 11.3 Å². The molecule has 6 heteroatoms. The summed E-state index contributed by atoms with van der Waals surface area (Å²) in [6.07, 6.45) is 0. The lowest BCUT2D eigenvalue weighted by Gasteiger charge is -2.26. The molecule has 2 aromatic rings. The highest BCUT2D eigenvalue weighted by molar-refractivity contribution is 6.30. The van der Waals surface area contributed by atoms with E-state index < -0.39 is 0 Å². The molecule has 0 aliphatic carbocycles. The summed E-state index contributed by atoms with van der Waals surface area (Å²) in [6, 6.07) is 9.42. The zero-order valence-corrected chi connectivity index (χ0v) is 13.1. The Morgan fingerprint density at radius 2 is 1.95 bits per heavy atom. The van der Waals surface area contributed by atoms with E-state index in [2.05, 4.69) is 10.1 Å². The monoisotopic (exact) mass is 322 g/mol. The van der Waals surface area contributed by atoms with Gasteiger partial charge in [0.15, 0.2) is 5.76 Å². The largest absolute Gasteiger partial charge is 0.379 e. The molecule has 0 bridgehead atoms. The van der Waals surface area contributed by atoms with E-state index in [1.807, 2.05) is 30.3 Å². The van der Waals surface area contributed by atoms with Crippen LogP contribution in [0, 0.1) is 0 Å². The normalized spacial score (nSPS) is 16.0. The minimum Gasteiger partial charge on any atom is -0.379 e. The number of hydrogen-bond acceptors (Lipinski definition) is 5. The number of nitrogens with zero attached hydrogens (tertiary/aromatic N) is 2. The van der Waals surface area contributed by atoms with Gasteiger partial charge in [-0.2, -0.15) is 0 Å². The first-order chi connectivity index (χ1) is 10.8. The summed E-state index contributed by atoms with van der Waals surface area (Å²) in [4.78, 5) is 2.34. The van der Waals surface area contributed by atoms with Crippen LogP contribution in [0.2, 0.25) is 5.02 Å². The minimum absolute atomic E-state index is 0.435. The zero-order valence-electron chi connectivity index (χ0n) is 12.3. The first-order valence-electron chi connectivity index (χ1n) is 7.40. The molecule has 22 heavy (non-hydrogen) atoms. The Balaban J connectivity index is 1.44. The summed E-state index contributed by atoms with van der Waals surface area (Å²) in [5, 5.41) is 4.77. The van der Waals surface area contributed by atoms with Gasteiger partial charge in [0, 0.05) is 36.3 Å². The van der Waals surface area contributed by atoms with Crippen molar-refractivity contribution in [1.29, 1.82) is 0 Å². The fourth-order valence-electron chi connectivity index (χ4n) is 2.33. The number of ether oxygens (including phenoxy) is 2. The molecule has 1 aromatic carbocycles. The highest BCUT2D eigenvalue weighted by Crippen LogP contribution is 2.21. The van der Waals surface area contributed by atoms with Gasteiger partial charge in [-0.15, -0.1) is 0 Å². The molecule has 0 N–H and O–H groups in total. The number of hydrogen-bond donors (Lipinski definition) is 0. The van der Waals surface area contributed by atoms with E-state index in [0.29, 0.717) is 18.2 Å². The van der Waals surface area contributed by atoms with E-state index >= 15 is 0 Å². The topological polar surface area (TPSA) is 47.7 Å². The molecule has 0 amide bonds. The molecule has 118 valence electrons. The molecule has 1 saturated heterocycles. The Morgan fingerprint density at radius 1 is 1.18 bits per heavy atom. The fraction of sp³-hybridized carbons (Fsp3) is 0.438. The Hall–Kier alpha value is -1.40. The number of halogens is 1. The summed E-state index contributed by atoms with van der Waals surface area (Å²) in [5.41, 5.74) is 1.77. The maximum absolute atomic E-state index is 5.88. The summed E-state index contributed by atoms with van der Waals surface area (Å²) in [6.45, 7) is 5.61. The van der Waals surface area contributed by atoms with Gasteiger partial charge in [0.1, 0.15) is 12.3 Å². The molecule has 1 aliphatic rings. The highest BCUT2D eigenvalue weighted by atomic mass is 35.5. The lowest BCUT2D eigenvalue weighted by atomic mass is 10.1. The van der Waals surface area contributed by atoms with Gasteiger partial charge in [-0.3, -0.25) is 4.90 Å². The third kappa shape index (κ3) is 4.30. The quantitative estimate of drug-likeness (QED) is 0.765. The number of benzene rings is 1. The lowest BCUT2D eigenvalue weighted by molar-refractivity contribution is 0.0155. The maximum atomic E-state index is 5.88. The van der Waals surface area contributed by atoms with Crippen LogP contribution in [0.5, 0.6) is 0 Å². The Labute approximate surface area is 134 Å². The van der Waals surface area contributed by atoms with E-state index in [4.69, 9.17) is 25.6 Å². The zero-order chi connectivity index (χ0) is 15.2. The molecule has 1 aromatic heterocycles. The summed E-state index contributed by atoms with van der Waals surface area (Å²) >= 11 is 5.88. The van der Waals surface area contributed by atoms with Crippen LogP contribution >= 0.6 is 11.6 Å². The molecule has 0 atom stereocenters. The fourth-order valence-corrected chi connectivity index (χ4v) is 2.45. The summed E-state index contributed by atoms with van der Waals surface area (Å²) in [7, 11) is 0. The van der Waals surface area contributed by atoms with E-state index in [1.165, 1.54) is 0 Å². The number of morpholine rings is 1. The van der Waals surface area contributed by atoms with Crippen LogP contribution in [0.15, 0.2) is 34.9 Å². The minimum atomic E-state index is 0.435. The predicted molar refractivity (Wildman–Crippen MR) is 83.9 cm³/mol. The van der Waals surface area contributed by atoms with Gasteiger partial charge >= 0.3 is 0 Å². The van der Waals surface area contributed by atoms with Gasteiger partial charge < -0.3 is 14.0 Å². The van der Waals surface area contributed by atoms with Crippen LogP contribution in [0.4, 0.5) is 0 Å². The van der Waals surface area contributed by atoms with Crippen molar-refractivity contribution in [3.8, 4) is 11.3 Å². The van der Waals surface area contributed by atoms with Gasteiger partial charge in [-0.1, -0.05) is 28.9 Å². The van der Waals surface area contributed by atoms with Crippen LogP contribution in [0.1, 0.15) is 5.76 Å². The van der Waals surface area contributed by atoms with Crippen molar-refractivity contribution in [3.63, 3.8) is 0 Å². The molecule has 3 rings (SSSR count). The van der Waals surface area contributed by atoms with Crippen molar-refractivity contribution in [3.05, 3.63) is 41.1 Å². The second-order valence-electron chi connectivity index (χ2n) is 5.19. The average molecular weight is 323 g/mol. The molecule has 0 spiro atoms. The molecule has 1 fully saturated rings. The van der Waals surface area contributed by atoms with Gasteiger partial charge in [0.25, 0.3) is 0 Å². The van der Waals surface area contributed by atoms with Gasteiger partial charge in [0.2, 0.25) is 0 Å². The second kappa shape index (κ2) is 7.74. The maximum Gasteiger partial charge on any atom is 0.163 e. The SMILES string of the molecule is Clc1ccc(-c2cc(COCCN3CCOCC3)on2)cc1. The molecular weight excluding hydrogens is 304 g/mol. The lowest BCUT2D eigenvalue weighted by Crippen LogP contribution is -2.38. The van der Waals surface area contributed by atoms with Crippen LogP contribution in [-0.2, 0) is 16.1 Å². The van der Waals surface area contributed by atoms with Gasteiger partial charge in [-0.05, 0) is 12.1 Å². The third-order valence-corrected chi connectivity index (χ3v) is 3.85. The van der Waals surface area contributed by atoms with E-state index in [-0.39, 0.29) is 0 Å². The molecule has 0 saturated carbocycles. The molecule has 1 aliphatic heterocycles. The van der Waals surface area contributed by atoms with E-state index in [0.717, 1.165) is 49.9 Å². The van der Waals surface area contributed by atoms with Crippen molar-refractivity contribution in [2.75, 3.05) is 39.5 Å². The van der Waals surface area contributed by atoms with Crippen molar-refractivity contribution >= 4 is 11.6 Å². The molecule has 5 nitrogen and oxygen atoms in total. The van der Waals surface area contributed by atoms with Crippen LogP contribution in [-0.4, -0.2) is 49.5 Å². The number of aromatic nitrogens is 1. The van der Waals surface area contributed by atoms with Crippen LogP contribution in [0.3, 0.4) is 0 Å². The van der Waals surface area contributed by atoms with Crippen molar-refractivity contribution in [2.24, 2.45) is 0 Å².